The van der Waals surface area contributed by atoms with Gasteiger partial charge in [-0.3, -0.25) is 29.2 Å². The standard InChI is InChI=1S/C45H55F4N11O6/c1-44(2,3)66-43(65)52-31-20-29(46)23-58(24-31)36-16-19-59-39(54-36)34(22-51-59)41(63)53-35-25-60(56-38(35)45(47,48)49)32-10-6-28(7-11-32)42(64)57-17-14-26(15-18-57)21-50-30-8-4-27(5-9-30)33-12-13-37(61)55-40(33)62/h4-5,8-9,16,19,22,25-26,28-29,31-33,50H,6-7,10-15,17-18,20-21,23-24H2,1-3H3,(H,52,65)(H,53,63)(H,55,61,62)/t28?,29-,31-,32?,33?/m1/s1. The van der Waals surface area contributed by atoms with E-state index in [0.29, 0.717) is 57.5 Å². The van der Waals surface area contributed by atoms with E-state index < -0.39 is 53.4 Å². The normalized spacial score (nSPS) is 23.3. The number of hydrogen-bond acceptors (Lipinski definition) is 11. The van der Waals surface area contributed by atoms with Crippen molar-refractivity contribution in [1.29, 1.82) is 0 Å². The van der Waals surface area contributed by atoms with E-state index in [4.69, 9.17) is 4.74 Å². The van der Waals surface area contributed by atoms with E-state index in [1.54, 1.807) is 31.7 Å². The highest BCUT2D eigenvalue weighted by Gasteiger charge is 2.40. The molecule has 0 bridgehead atoms. The lowest BCUT2D eigenvalue weighted by atomic mass is 9.84. The first kappa shape index (κ1) is 46.3. The van der Waals surface area contributed by atoms with Crippen LogP contribution in [0.1, 0.15) is 112 Å². The number of ether oxygens (including phenoxy) is 1. The molecule has 21 heteroatoms. The van der Waals surface area contributed by atoms with Crippen molar-refractivity contribution >= 4 is 52.6 Å². The maximum absolute atomic E-state index is 14.9. The van der Waals surface area contributed by atoms with Gasteiger partial charge in [-0.25, -0.2) is 18.7 Å². The molecule has 66 heavy (non-hydrogen) atoms. The lowest BCUT2D eigenvalue weighted by molar-refractivity contribution is -0.141. The molecule has 1 unspecified atom stereocenters. The summed E-state index contributed by atoms with van der Waals surface area (Å²) in [4.78, 5) is 71.4. The Morgan fingerprint density at radius 3 is 2.35 bits per heavy atom. The number of halogens is 4. The molecule has 8 rings (SSSR count). The zero-order valence-corrected chi connectivity index (χ0v) is 37.1. The van der Waals surface area contributed by atoms with E-state index in [-0.39, 0.29) is 66.1 Å². The zero-order chi connectivity index (χ0) is 46.9. The summed E-state index contributed by atoms with van der Waals surface area (Å²) in [6, 6.07) is 8.22. The Morgan fingerprint density at radius 1 is 0.939 bits per heavy atom. The summed E-state index contributed by atoms with van der Waals surface area (Å²) in [6.07, 6.45) is 1.32. The Morgan fingerprint density at radius 2 is 1.67 bits per heavy atom. The smallest absolute Gasteiger partial charge is 0.437 e. The van der Waals surface area contributed by atoms with E-state index in [1.165, 1.54) is 27.8 Å². The monoisotopic (exact) mass is 921 g/mol. The van der Waals surface area contributed by atoms with Gasteiger partial charge >= 0.3 is 12.3 Å². The molecule has 3 atom stereocenters. The van der Waals surface area contributed by atoms with E-state index in [0.717, 1.165) is 30.6 Å². The number of likely N-dealkylation sites (tertiary alicyclic amines) is 1. The minimum atomic E-state index is -4.89. The first-order valence-corrected chi connectivity index (χ1v) is 22.5. The fourth-order valence-electron chi connectivity index (χ4n) is 9.38. The Balaban J connectivity index is 0.837. The number of piperidine rings is 3. The minimum Gasteiger partial charge on any atom is -0.444 e. The summed E-state index contributed by atoms with van der Waals surface area (Å²) in [5.41, 5.74) is -0.834. The Kier molecular flexibility index (Phi) is 13.3. The molecule has 3 aliphatic heterocycles. The molecular weight excluding hydrogens is 867 g/mol. The van der Waals surface area contributed by atoms with Crippen LogP contribution >= 0.6 is 0 Å². The Labute approximate surface area is 378 Å². The average Bonchev–Trinajstić information content (AvgIpc) is 3.90. The van der Waals surface area contributed by atoms with Gasteiger partial charge < -0.3 is 30.5 Å². The average molecular weight is 922 g/mol. The van der Waals surface area contributed by atoms with Gasteiger partial charge in [-0.2, -0.15) is 23.4 Å². The Hall–Kier alpha value is -6.28. The van der Waals surface area contributed by atoms with Crippen molar-refractivity contribution in [3.8, 4) is 0 Å². The largest absolute Gasteiger partial charge is 0.444 e. The van der Waals surface area contributed by atoms with Crippen molar-refractivity contribution in [2.75, 3.05) is 48.3 Å². The second-order valence-electron chi connectivity index (χ2n) is 18.8. The third-order valence-electron chi connectivity index (χ3n) is 12.8. The Bertz CT molecular complexity index is 2440. The molecule has 1 saturated carbocycles. The van der Waals surface area contributed by atoms with Crippen molar-refractivity contribution < 1.29 is 46.3 Å². The summed E-state index contributed by atoms with van der Waals surface area (Å²) >= 11 is 0. The van der Waals surface area contributed by atoms with Crippen molar-refractivity contribution in [1.82, 2.24) is 39.9 Å². The van der Waals surface area contributed by atoms with E-state index in [2.05, 4.69) is 36.4 Å². The third-order valence-corrected chi connectivity index (χ3v) is 12.8. The number of carbonyl (C=O) groups excluding carboxylic acids is 5. The molecular formula is C45H55F4N11O6. The summed E-state index contributed by atoms with van der Waals surface area (Å²) < 4.78 is 65.9. The van der Waals surface area contributed by atoms with Gasteiger partial charge in [0.25, 0.3) is 5.91 Å². The summed E-state index contributed by atoms with van der Waals surface area (Å²) in [5, 5.41) is 19.0. The van der Waals surface area contributed by atoms with Crippen LogP contribution in [0.4, 0.5) is 39.5 Å². The van der Waals surface area contributed by atoms with Crippen LogP contribution < -0.4 is 26.2 Å². The molecule has 0 spiro atoms. The van der Waals surface area contributed by atoms with Crippen molar-refractivity contribution in [3.05, 3.63) is 65.7 Å². The number of benzene rings is 1. The highest BCUT2D eigenvalue weighted by molar-refractivity contribution is 6.08. The molecule has 1 aliphatic carbocycles. The van der Waals surface area contributed by atoms with Gasteiger partial charge in [0.1, 0.15) is 23.2 Å². The molecule has 1 aromatic carbocycles. The number of rotatable bonds is 10. The topological polar surface area (TPSA) is 197 Å². The molecule has 6 heterocycles. The van der Waals surface area contributed by atoms with Crippen molar-refractivity contribution in [2.45, 2.75) is 115 Å². The zero-order valence-electron chi connectivity index (χ0n) is 37.1. The number of anilines is 3. The highest BCUT2D eigenvalue weighted by atomic mass is 19.4. The van der Waals surface area contributed by atoms with Crippen LogP contribution in [0.3, 0.4) is 0 Å². The predicted octanol–water partition coefficient (Wildman–Crippen LogP) is 6.24. The van der Waals surface area contributed by atoms with Gasteiger partial charge in [-0.1, -0.05) is 12.1 Å². The number of nitrogens with one attached hydrogen (secondary N) is 4. The fourth-order valence-corrected chi connectivity index (χ4v) is 9.38. The fraction of sp³-hybridized carbons (Fsp3) is 0.556. The summed E-state index contributed by atoms with van der Waals surface area (Å²) in [6.45, 7) is 7.26. The lowest BCUT2D eigenvalue weighted by Gasteiger charge is -2.36. The predicted molar refractivity (Wildman–Crippen MR) is 233 cm³/mol. The second kappa shape index (κ2) is 18.9. The SMILES string of the molecule is CC(C)(C)OC(=O)N[C@@H]1C[C@@H](F)CN(c2ccn3ncc(C(=O)Nc4cn(C5CCC(C(=O)N6CCC(CNc7ccc(C8CCC(=O)NC8=O)cc7)CC6)CC5)nc4C(F)(F)F)c3n2)C1. The quantitative estimate of drug-likeness (QED) is 0.104. The molecule has 5 amide bonds. The van der Waals surface area contributed by atoms with Crippen molar-refractivity contribution in [3.63, 3.8) is 0 Å². The maximum Gasteiger partial charge on any atom is 0.437 e. The minimum absolute atomic E-state index is 0.0307. The molecule has 0 radical (unpaired) electrons. The first-order valence-electron chi connectivity index (χ1n) is 22.5. The molecule has 3 saturated heterocycles. The molecule has 4 aliphatic rings. The van der Waals surface area contributed by atoms with Gasteiger partial charge in [0.05, 0.1) is 36.4 Å². The van der Waals surface area contributed by atoms with Crippen LogP contribution in [0.2, 0.25) is 0 Å². The van der Waals surface area contributed by atoms with E-state index in [1.807, 2.05) is 29.2 Å². The molecule has 4 aromatic rings. The van der Waals surface area contributed by atoms with Crippen LogP contribution in [0.15, 0.2) is 48.9 Å². The number of alkyl halides is 4. The van der Waals surface area contributed by atoms with Crippen molar-refractivity contribution in [2.24, 2.45) is 11.8 Å². The van der Waals surface area contributed by atoms with E-state index in [9.17, 15) is 41.5 Å². The number of carbonyl (C=O) groups is 5. The van der Waals surface area contributed by atoms with E-state index >= 15 is 0 Å². The molecule has 4 N–H and O–H groups in total. The second-order valence-corrected chi connectivity index (χ2v) is 18.8. The number of fused-ring (bicyclic) bond motifs is 1. The first-order chi connectivity index (χ1) is 31.4. The number of imide groups is 1. The number of alkyl carbamates (subject to hydrolysis) is 1. The number of aromatic nitrogens is 5. The lowest BCUT2D eigenvalue weighted by Crippen LogP contribution is -2.52. The van der Waals surface area contributed by atoms with Crippen LogP contribution in [-0.2, 0) is 25.3 Å². The van der Waals surface area contributed by atoms with Gasteiger partial charge in [0, 0.05) is 63.0 Å². The van der Waals surface area contributed by atoms with Crippen LogP contribution in [0, 0.1) is 11.8 Å². The van der Waals surface area contributed by atoms with Gasteiger partial charge in [0.2, 0.25) is 17.7 Å². The molecule has 3 aromatic heterocycles. The van der Waals surface area contributed by atoms with Gasteiger partial charge in [0.15, 0.2) is 11.3 Å². The van der Waals surface area contributed by atoms with Crippen LogP contribution in [0.5, 0.6) is 0 Å². The van der Waals surface area contributed by atoms with Crippen LogP contribution in [-0.4, -0.2) is 110 Å². The summed E-state index contributed by atoms with van der Waals surface area (Å²) in [7, 11) is 0. The molecule has 4 fully saturated rings. The van der Waals surface area contributed by atoms with Crippen LogP contribution in [0.25, 0.3) is 5.65 Å². The number of hydrogen-bond donors (Lipinski definition) is 4. The molecule has 17 nitrogen and oxygen atoms in total. The number of amides is 5. The van der Waals surface area contributed by atoms with Gasteiger partial charge in [-0.15, -0.1) is 0 Å². The maximum atomic E-state index is 14.9. The van der Waals surface area contributed by atoms with Gasteiger partial charge in [-0.05, 0) is 95.4 Å². The molecule has 354 valence electrons. The summed E-state index contributed by atoms with van der Waals surface area (Å²) in [5.74, 6) is -1.32. The highest BCUT2D eigenvalue weighted by Crippen LogP contribution is 2.39. The third kappa shape index (κ3) is 10.9. The number of nitrogens with zero attached hydrogens (tertiary/aromatic N) is 7.